The van der Waals surface area contributed by atoms with E-state index in [0.717, 1.165) is 55.2 Å². The zero-order valence-corrected chi connectivity index (χ0v) is 18.7. The lowest BCUT2D eigenvalue weighted by Gasteiger charge is -2.26. The molecule has 1 saturated heterocycles. The van der Waals surface area contributed by atoms with E-state index in [0.29, 0.717) is 6.04 Å². The van der Waals surface area contributed by atoms with Gasteiger partial charge in [0.05, 0.1) is 25.5 Å². The van der Waals surface area contributed by atoms with Crippen LogP contribution in [0.2, 0.25) is 0 Å². The lowest BCUT2D eigenvalue weighted by Crippen LogP contribution is -2.35. The van der Waals surface area contributed by atoms with Gasteiger partial charge in [-0.2, -0.15) is 5.10 Å². The predicted molar refractivity (Wildman–Crippen MR) is 129 cm³/mol. The molecule has 5 rings (SSSR count). The molecule has 1 aromatic carbocycles. The first-order valence-electron chi connectivity index (χ1n) is 11.6. The largest absolute Gasteiger partial charge is 0.379 e. The van der Waals surface area contributed by atoms with E-state index < -0.39 is 0 Å². The molecule has 1 amide bonds. The SMILES string of the molecule is O=C(/C=C/c1cnccc1-c1cnn(C2CCC2)c1)Nc1ccc(CN2CCOCC2)cc1. The maximum atomic E-state index is 12.5. The Hall–Kier alpha value is -3.29. The van der Waals surface area contributed by atoms with Crippen LogP contribution in [0.1, 0.15) is 36.4 Å². The van der Waals surface area contributed by atoms with E-state index in [1.807, 2.05) is 30.5 Å². The highest BCUT2D eigenvalue weighted by Crippen LogP contribution is 2.32. The number of ether oxygens (including phenoxy) is 1. The average Bonchev–Trinajstić information content (AvgIpc) is 3.28. The highest BCUT2D eigenvalue weighted by atomic mass is 16.5. The lowest BCUT2D eigenvalue weighted by atomic mass is 9.93. The van der Waals surface area contributed by atoms with E-state index in [2.05, 4.69) is 43.3 Å². The quantitative estimate of drug-likeness (QED) is 0.556. The molecule has 2 aliphatic rings. The third kappa shape index (κ3) is 5.38. The van der Waals surface area contributed by atoms with Crippen LogP contribution in [0.4, 0.5) is 5.69 Å². The number of aromatic nitrogens is 3. The predicted octanol–water partition coefficient (Wildman–Crippen LogP) is 4.15. The summed E-state index contributed by atoms with van der Waals surface area (Å²) in [6, 6.07) is 10.5. The Morgan fingerprint density at radius 3 is 2.70 bits per heavy atom. The third-order valence-electron chi connectivity index (χ3n) is 6.36. The molecule has 7 nitrogen and oxygen atoms in total. The summed E-state index contributed by atoms with van der Waals surface area (Å²) in [5.74, 6) is -0.170. The van der Waals surface area contributed by atoms with Gasteiger partial charge in [-0.25, -0.2) is 0 Å². The normalized spacial score (nSPS) is 17.2. The summed E-state index contributed by atoms with van der Waals surface area (Å²) in [5, 5.41) is 7.47. The van der Waals surface area contributed by atoms with E-state index in [4.69, 9.17) is 4.74 Å². The number of nitrogens with one attached hydrogen (secondary N) is 1. The number of rotatable bonds is 7. The van der Waals surface area contributed by atoms with Crippen LogP contribution in [0.5, 0.6) is 0 Å². The lowest BCUT2D eigenvalue weighted by molar-refractivity contribution is -0.111. The van der Waals surface area contributed by atoms with Crippen LogP contribution < -0.4 is 5.32 Å². The van der Waals surface area contributed by atoms with Crippen molar-refractivity contribution in [2.45, 2.75) is 31.8 Å². The van der Waals surface area contributed by atoms with Gasteiger partial charge in [0.1, 0.15) is 0 Å². The number of hydrogen-bond donors (Lipinski definition) is 1. The number of carbonyl (C=O) groups is 1. The molecule has 3 aromatic rings. The van der Waals surface area contributed by atoms with Crippen molar-refractivity contribution in [1.82, 2.24) is 19.7 Å². The van der Waals surface area contributed by atoms with Crippen LogP contribution >= 0.6 is 0 Å². The summed E-state index contributed by atoms with van der Waals surface area (Å²) in [7, 11) is 0. The Balaban J connectivity index is 1.21. The number of pyridine rings is 1. The zero-order chi connectivity index (χ0) is 22.5. The number of morpholine rings is 1. The van der Waals surface area contributed by atoms with Crippen molar-refractivity contribution in [2.24, 2.45) is 0 Å². The van der Waals surface area contributed by atoms with Gasteiger partial charge in [-0.1, -0.05) is 12.1 Å². The molecule has 3 heterocycles. The Morgan fingerprint density at radius 2 is 1.94 bits per heavy atom. The van der Waals surface area contributed by atoms with Gasteiger partial charge in [-0.3, -0.25) is 19.4 Å². The van der Waals surface area contributed by atoms with Crippen LogP contribution in [-0.4, -0.2) is 51.9 Å². The molecule has 33 heavy (non-hydrogen) atoms. The van der Waals surface area contributed by atoms with Gasteiger partial charge in [0.2, 0.25) is 5.91 Å². The fraction of sp³-hybridized carbons (Fsp3) is 0.346. The van der Waals surface area contributed by atoms with Crippen molar-refractivity contribution >= 4 is 17.7 Å². The average molecular weight is 444 g/mol. The number of amides is 1. The van der Waals surface area contributed by atoms with Crippen molar-refractivity contribution in [3.63, 3.8) is 0 Å². The second kappa shape index (κ2) is 10.1. The van der Waals surface area contributed by atoms with E-state index >= 15 is 0 Å². The van der Waals surface area contributed by atoms with Crippen LogP contribution in [0.25, 0.3) is 17.2 Å². The van der Waals surface area contributed by atoms with Gasteiger partial charge >= 0.3 is 0 Å². The Labute approximate surface area is 194 Å². The highest BCUT2D eigenvalue weighted by molar-refractivity contribution is 6.02. The first-order valence-corrected chi connectivity index (χ1v) is 11.6. The van der Waals surface area contributed by atoms with Gasteiger partial charge in [0, 0.05) is 61.1 Å². The van der Waals surface area contributed by atoms with E-state index in [1.165, 1.54) is 24.8 Å². The molecule has 7 heteroatoms. The molecule has 1 aliphatic heterocycles. The maximum Gasteiger partial charge on any atom is 0.248 e. The third-order valence-corrected chi connectivity index (χ3v) is 6.36. The van der Waals surface area contributed by atoms with Gasteiger partial charge in [-0.05, 0) is 54.7 Å². The number of anilines is 1. The van der Waals surface area contributed by atoms with E-state index in [-0.39, 0.29) is 5.91 Å². The molecule has 2 fully saturated rings. The molecule has 2 aromatic heterocycles. The summed E-state index contributed by atoms with van der Waals surface area (Å²) in [6.07, 6.45) is 14.6. The van der Waals surface area contributed by atoms with Crippen LogP contribution in [-0.2, 0) is 16.1 Å². The van der Waals surface area contributed by atoms with Crippen LogP contribution in [0, 0.1) is 0 Å². The minimum atomic E-state index is -0.170. The van der Waals surface area contributed by atoms with Crippen LogP contribution in [0.15, 0.2) is 61.2 Å². The van der Waals surface area contributed by atoms with Crippen molar-refractivity contribution < 1.29 is 9.53 Å². The first-order chi connectivity index (χ1) is 16.2. The summed E-state index contributed by atoms with van der Waals surface area (Å²) in [5.41, 5.74) is 4.96. The number of hydrogen-bond acceptors (Lipinski definition) is 5. The summed E-state index contributed by atoms with van der Waals surface area (Å²) in [4.78, 5) is 19.1. The Bertz CT molecular complexity index is 1110. The number of nitrogens with zero attached hydrogens (tertiary/aromatic N) is 4. The monoisotopic (exact) mass is 443 g/mol. The molecular weight excluding hydrogens is 414 g/mol. The molecule has 170 valence electrons. The number of benzene rings is 1. The Morgan fingerprint density at radius 1 is 1.12 bits per heavy atom. The molecule has 0 spiro atoms. The standard InChI is InChI=1S/C26H29N5O2/c32-26(29-23-7-4-20(5-8-23)18-30-12-14-33-15-13-30)9-6-21-16-27-11-10-25(21)22-17-28-31(19-22)24-2-1-3-24/h4-11,16-17,19,24H,1-3,12-15,18H2,(H,29,32)/b9-6+. The first kappa shape index (κ1) is 21.6. The molecule has 1 N–H and O–H groups in total. The molecule has 0 unspecified atom stereocenters. The van der Waals surface area contributed by atoms with Gasteiger partial charge in [-0.15, -0.1) is 0 Å². The summed E-state index contributed by atoms with van der Waals surface area (Å²) in [6.45, 7) is 4.41. The van der Waals surface area contributed by atoms with Gasteiger partial charge in [0.25, 0.3) is 0 Å². The molecule has 0 bridgehead atoms. The zero-order valence-electron chi connectivity index (χ0n) is 18.7. The highest BCUT2D eigenvalue weighted by Gasteiger charge is 2.20. The molecule has 1 aliphatic carbocycles. The summed E-state index contributed by atoms with van der Waals surface area (Å²) >= 11 is 0. The fourth-order valence-electron chi connectivity index (χ4n) is 4.19. The number of carbonyl (C=O) groups excluding carboxylic acids is 1. The van der Waals surface area contributed by atoms with E-state index in [9.17, 15) is 4.79 Å². The second-order valence-corrected chi connectivity index (χ2v) is 8.66. The second-order valence-electron chi connectivity index (χ2n) is 8.66. The Kier molecular flexibility index (Phi) is 6.60. The van der Waals surface area contributed by atoms with Gasteiger partial charge in [0.15, 0.2) is 0 Å². The van der Waals surface area contributed by atoms with Crippen molar-refractivity contribution in [2.75, 3.05) is 31.6 Å². The minimum Gasteiger partial charge on any atom is -0.379 e. The molecule has 0 atom stereocenters. The van der Waals surface area contributed by atoms with Crippen molar-refractivity contribution in [3.8, 4) is 11.1 Å². The van der Waals surface area contributed by atoms with Gasteiger partial charge < -0.3 is 10.1 Å². The smallest absolute Gasteiger partial charge is 0.248 e. The van der Waals surface area contributed by atoms with Crippen LogP contribution in [0.3, 0.4) is 0 Å². The van der Waals surface area contributed by atoms with Crippen molar-refractivity contribution in [1.29, 1.82) is 0 Å². The topological polar surface area (TPSA) is 72.3 Å². The molecule has 0 radical (unpaired) electrons. The van der Waals surface area contributed by atoms with E-state index in [1.54, 1.807) is 18.5 Å². The molecule has 1 saturated carbocycles. The maximum absolute atomic E-state index is 12.5. The summed E-state index contributed by atoms with van der Waals surface area (Å²) < 4.78 is 7.46. The minimum absolute atomic E-state index is 0.170. The van der Waals surface area contributed by atoms with Crippen molar-refractivity contribution in [3.05, 3.63) is 72.3 Å². The molecular formula is C26H29N5O2. The fourth-order valence-corrected chi connectivity index (χ4v) is 4.19.